The zero-order chi connectivity index (χ0) is 24.0. The Morgan fingerprint density at radius 1 is 0.909 bits per heavy atom. The van der Waals surface area contributed by atoms with E-state index in [0.29, 0.717) is 22.6 Å². The van der Waals surface area contributed by atoms with Crippen molar-refractivity contribution in [3.63, 3.8) is 0 Å². The highest BCUT2D eigenvalue weighted by Crippen LogP contribution is 2.27. The van der Waals surface area contributed by atoms with Crippen LogP contribution in [0.25, 0.3) is 0 Å². The van der Waals surface area contributed by atoms with Crippen molar-refractivity contribution in [2.24, 2.45) is 0 Å². The number of hydrogen-bond acceptors (Lipinski definition) is 3. The first-order valence-corrected chi connectivity index (χ1v) is 12.3. The summed E-state index contributed by atoms with van der Waals surface area (Å²) in [4.78, 5) is 27.7. The van der Waals surface area contributed by atoms with Crippen LogP contribution >= 0.6 is 35.0 Å². The fourth-order valence-electron chi connectivity index (χ4n) is 3.15. The molecule has 0 bridgehead atoms. The van der Waals surface area contributed by atoms with E-state index in [4.69, 9.17) is 23.2 Å². The molecule has 1 N–H and O–H groups in total. The number of benzene rings is 3. The summed E-state index contributed by atoms with van der Waals surface area (Å²) in [6, 6.07) is 22.0. The van der Waals surface area contributed by atoms with Crippen LogP contribution in [0.1, 0.15) is 46.5 Å². The zero-order valence-corrected chi connectivity index (χ0v) is 21.1. The normalized spacial score (nSPS) is 11.2. The fourth-order valence-corrected chi connectivity index (χ4v) is 4.64. The summed E-state index contributed by atoms with van der Waals surface area (Å²) in [7, 11) is 0. The standard InChI is InChI=1S/C26H26Cl2N2O2S/c1-18-9-11-19(12-10-18)25(32)30(29-24(31)20-13-14-22(27)23(28)17-20)26(2,3)15-16-33-21-7-5-4-6-8-21/h4-14,17H,15-16H2,1-3H3,(H,29,31). The third-order valence-corrected chi connectivity index (χ3v) is 6.98. The summed E-state index contributed by atoms with van der Waals surface area (Å²) in [6.45, 7) is 5.85. The molecule has 0 aromatic heterocycles. The first-order chi connectivity index (χ1) is 15.7. The van der Waals surface area contributed by atoms with Crippen LogP contribution in [0.2, 0.25) is 10.0 Å². The molecule has 3 rings (SSSR count). The number of nitrogens with one attached hydrogen (secondary N) is 1. The molecule has 0 fully saturated rings. The Morgan fingerprint density at radius 2 is 1.55 bits per heavy atom. The lowest BCUT2D eigenvalue weighted by Crippen LogP contribution is -2.57. The molecule has 0 saturated heterocycles. The molecule has 0 spiro atoms. The van der Waals surface area contributed by atoms with Crippen LogP contribution in [0, 0.1) is 6.92 Å². The van der Waals surface area contributed by atoms with Gasteiger partial charge < -0.3 is 0 Å². The van der Waals surface area contributed by atoms with Crippen LogP contribution in [0.5, 0.6) is 0 Å². The van der Waals surface area contributed by atoms with E-state index in [1.54, 1.807) is 36.0 Å². The van der Waals surface area contributed by atoms with Crippen LogP contribution in [0.4, 0.5) is 0 Å². The maximum absolute atomic E-state index is 13.5. The quantitative estimate of drug-likeness (QED) is 0.279. The molecule has 0 aliphatic heterocycles. The van der Waals surface area contributed by atoms with Gasteiger partial charge in [0.1, 0.15) is 0 Å². The Bertz CT molecular complexity index is 1120. The van der Waals surface area contributed by atoms with E-state index in [-0.39, 0.29) is 10.9 Å². The van der Waals surface area contributed by atoms with Gasteiger partial charge in [-0.3, -0.25) is 15.0 Å². The summed E-state index contributed by atoms with van der Waals surface area (Å²) < 4.78 is 0. The van der Waals surface area contributed by atoms with Gasteiger partial charge in [0.15, 0.2) is 0 Å². The van der Waals surface area contributed by atoms with Crippen LogP contribution in [-0.4, -0.2) is 28.1 Å². The number of rotatable bonds is 7. The largest absolute Gasteiger partial charge is 0.272 e. The SMILES string of the molecule is Cc1ccc(C(=O)N(NC(=O)c2ccc(Cl)c(Cl)c2)C(C)(C)CCSc2ccccc2)cc1. The van der Waals surface area contributed by atoms with Gasteiger partial charge in [-0.25, -0.2) is 5.01 Å². The predicted octanol–water partition coefficient (Wildman–Crippen LogP) is 7.05. The minimum absolute atomic E-state index is 0.277. The molecule has 33 heavy (non-hydrogen) atoms. The number of amides is 2. The predicted molar refractivity (Wildman–Crippen MR) is 137 cm³/mol. The summed E-state index contributed by atoms with van der Waals surface area (Å²) in [5, 5.41) is 2.06. The minimum Gasteiger partial charge on any atom is -0.267 e. The van der Waals surface area contributed by atoms with Crippen molar-refractivity contribution in [3.8, 4) is 0 Å². The van der Waals surface area contributed by atoms with Crippen molar-refractivity contribution in [2.45, 2.75) is 37.6 Å². The van der Waals surface area contributed by atoms with E-state index < -0.39 is 11.4 Å². The summed E-state index contributed by atoms with van der Waals surface area (Å²) in [5.74, 6) is 0.0630. The highest BCUT2D eigenvalue weighted by molar-refractivity contribution is 7.99. The first-order valence-electron chi connectivity index (χ1n) is 10.5. The van der Waals surface area contributed by atoms with Gasteiger partial charge in [0, 0.05) is 21.8 Å². The number of hydrazine groups is 1. The number of nitrogens with zero attached hydrogens (tertiary/aromatic N) is 1. The van der Waals surface area contributed by atoms with Crippen LogP contribution in [0.3, 0.4) is 0 Å². The van der Waals surface area contributed by atoms with Crippen LogP contribution < -0.4 is 5.43 Å². The topological polar surface area (TPSA) is 49.4 Å². The maximum atomic E-state index is 13.5. The van der Waals surface area contributed by atoms with E-state index in [1.165, 1.54) is 11.1 Å². The van der Waals surface area contributed by atoms with Crippen molar-refractivity contribution in [1.82, 2.24) is 10.4 Å². The molecule has 7 heteroatoms. The third kappa shape index (κ3) is 6.76. The molecule has 0 unspecified atom stereocenters. The van der Waals surface area contributed by atoms with Gasteiger partial charge in [-0.15, -0.1) is 11.8 Å². The molecule has 172 valence electrons. The Kier molecular flexibility index (Phi) is 8.46. The Labute approximate surface area is 209 Å². The van der Waals surface area contributed by atoms with Crippen LogP contribution in [-0.2, 0) is 0 Å². The van der Waals surface area contributed by atoms with Gasteiger partial charge in [-0.1, -0.05) is 59.1 Å². The molecule has 0 atom stereocenters. The van der Waals surface area contributed by atoms with Gasteiger partial charge in [0.05, 0.1) is 15.6 Å². The van der Waals surface area contributed by atoms with E-state index in [0.717, 1.165) is 16.2 Å². The van der Waals surface area contributed by atoms with Crippen molar-refractivity contribution in [1.29, 1.82) is 0 Å². The van der Waals surface area contributed by atoms with E-state index >= 15 is 0 Å². The Morgan fingerprint density at radius 3 is 2.18 bits per heavy atom. The Hall–Kier alpha value is -2.47. The summed E-state index contributed by atoms with van der Waals surface area (Å²) in [5.41, 5.74) is 4.03. The second-order valence-electron chi connectivity index (χ2n) is 8.30. The van der Waals surface area contributed by atoms with Crippen molar-refractivity contribution >= 4 is 46.8 Å². The third-order valence-electron chi connectivity index (χ3n) is 5.23. The minimum atomic E-state index is -0.657. The smallest absolute Gasteiger partial charge is 0.267 e. The average molecular weight is 501 g/mol. The Balaban J connectivity index is 1.83. The van der Waals surface area contributed by atoms with E-state index in [1.807, 2.05) is 51.1 Å². The highest BCUT2D eigenvalue weighted by atomic mass is 35.5. The van der Waals surface area contributed by atoms with E-state index in [2.05, 4.69) is 17.6 Å². The van der Waals surface area contributed by atoms with Gasteiger partial charge in [-0.05, 0) is 69.7 Å². The van der Waals surface area contributed by atoms with Gasteiger partial charge in [0.2, 0.25) is 0 Å². The molecule has 3 aromatic carbocycles. The number of thioether (sulfide) groups is 1. The molecule has 0 saturated carbocycles. The molecule has 0 aliphatic carbocycles. The molecule has 0 aliphatic rings. The van der Waals surface area contributed by atoms with Gasteiger partial charge in [-0.2, -0.15) is 0 Å². The molecule has 4 nitrogen and oxygen atoms in total. The first kappa shape index (κ1) is 25.2. The molecule has 0 heterocycles. The zero-order valence-electron chi connectivity index (χ0n) is 18.8. The van der Waals surface area contributed by atoms with Crippen molar-refractivity contribution in [2.75, 3.05) is 5.75 Å². The summed E-state index contributed by atoms with van der Waals surface area (Å²) >= 11 is 13.8. The molecule has 2 amide bonds. The number of aryl methyl sites for hydroxylation is 1. The van der Waals surface area contributed by atoms with Crippen molar-refractivity contribution in [3.05, 3.63) is 99.5 Å². The lowest BCUT2D eigenvalue weighted by Gasteiger charge is -2.38. The highest BCUT2D eigenvalue weighted by Gasteiger charge is 2.33. The summed E-state index contributed by atoms with van der Waals surface area (Å²) in [6.07, 6.45) is 0.659. The number of hydrogen-bond donors (Lipinski definition) is 1. The molecular weight excluding hydrogens is 475 g/mol. The van der Waals surface area contributed by atoms with Gasteiger partial charge in [0.25, 0.3) is 11.8 Å². The molecule has 3 aromatic rings. The fraction of sp³-hybridized carbons (Fsp3) is 0.231. The lowest BCUT2D eigenvalue weighted by atomic mass is 9.99. The maximum Gasteiger partial charge on any atom is 0.272 e. The number of carbonyl (C=O) groups is 2. The number of carbonyl (C=O) groups excluding carboxylic acids is 2. The van der Waals surface area contributed by atoms with E-state index in [9.17, 15) is 9.59 Å². The molecular formula is C26H26Cl2N2O2S. The average Bonchev–Trinajstić information content (AvgIpc) is 2.79. The lowest BCUT2D eigenvalue weighted by molar-refractivity contribution is 0.0310. The second-order valence-corrected chi connectivity index (χ2v) is 10.3. The van der Waals surface area contributed by atoms with Crippen molar-refractivity contribution < 1.29 is 9.59 Å². The second kappa shape index (κ2) is 11.1. The molecule has 0 radical (unpaired) electrons. The van der Waals surface area contributed by atoms with Gasteiger partial charge >= 0.3 is 0 Å². The van der Waals surface area contributed by atoms with Crippen LogP contribution in [0.15, 0.2) is 77.7 Å². The monoisotopic (exact) mass is 500 g/mol. The number of halogens is 2.